The number of hydrogen-bond acceptors (Lipinski definition) is 3. The number of aromatic nitrogens is 3. The van der Waals surface area contributed by atoms with Crippen LogP contribution in [0.4, 0.5) is 0 Å². The molecule has 0 spiro atoms. The molecule has 1 heterocycles. The summed E-state index contributed by atoms with van der Waals surface area (Å²) in [5.74, 6) is 1.95. The van der Waals surface area contributed by atoms with E-state index in [1.165, 1.54) is 44.5 Å². The Kier molecular flexibility index (Phi) is 8.18. The molecule has 0 atom stereocenters. The molecule has 0 N–H and O–H groups in total. The molecule has 0 radical (unpaired) electrons. The van der Waals surface area contributed by atoms with E-state index >= 15 is 0 Å². The summed E-state index contributed by atoms with van der Waals surface area (Å²) in [6.45, 7) is 0. The van der Waals surface area contributed by atoms with Crippen LogP contribution in [0, 0.1) is 0 Å². The molecule has 0 fully saturated rings. The Morgan fingerprint density at radius 3 is 1.35 bits per heavy atom. The maximum absolute atomic E-state index is 5.01. The van der Waals surface area contributed by atoms with Crippen LogP contribution in [0.5, 0.6) is 0 Å². The van der Waals surface area contributed by atoms with Crippen LogP contribution in [0.3, 0.4) is 0 Å². The van der Waals surface area contributed by atoms with Crippen molar-refractivity contribution in [3.8, 4) is 56.4 Å². The lowest BCUT2D eigenvalue weighted by Crippen LogP contribution is -2.29. The van der Waals surface area contributed by atoms with Gasteiger partial charge in [-0.05, 0) is 80.6 Å². The summed E-state index contributed by atoms with van der Waals surface area (Å²) in [5, 5.41) is 0. The van der Waals surface area contributed by atoms with Crippen LogP contribution in [0.25, 0.3) is 62.0 Å². The van der Waals surface area contributed by atoms with Crippen molar-refractivity contribution >= 4 is 5.57 Å². The van der Waals surface area contributed by atoms with Gasteiger partial charge in [0.25, 0.3) is 0 Å². The zero-order valence-electron chi connectivity index (χ0n) is 30.3. The van der Waals surface area contributed by atoms with Gasteiger partial charge < -0.3 is 0 Å². The highest BCUT2D eigenvalue weighted by Gasteiger charge is 2.49. The minimum Gasteiger partial charge on any atom is -0.208 e. The first-order valence-electron chi connectivity index (χ1n) is 19.0. The van der Waals surface area contributed by atoms with Crippen LogP contribution in [0.2, 0.25) is 0 Å². The van der Waals surface area contributed by atoms with Crippen molar-refractivity contribution in [1.29, 1.82) is 0 Å². The van der Waals surface area contributed by atoms with Crippen LogP contribution in [-0.2, 0) is 5.41 Å². The van der Waals surface area contributed by atoms with Crippen molar-refractivity contribution in [1.82, 2.24) is 15.0 Å². The lowest BCUT2D eigenvalue weighted by molar-refractivity contribution is 0.760. The second kappa shape index (κ2) is 13.8. The summed E-state index contributed by atoms with van der Waals surface area (Å²) >= 11 is 0. The molecule has 3 heteroatoms. The van der Waals surface area contributed by atoms with E-state index in [0.717, 1.165) is 40.7 Å². The molecule has 0 aliphatic heterocycles. The van der Waals surface area contributed by atoms with Crippen molar-refractivity contribution in [2.45, 2.75) is 18.3 Å². The Morgan fingerprint density at radius 2 is 0.764 bits per heavy atom. The van der Waals surface area contributed by atoms with Crippen LogP contribution in [0.1, 0.15) is 35.1 Å². The molecule has 55 heavy (non-hydrogen) atoms. The Balaban J connectivity index is 1.12. The predicted molar refractivity (Wildman–Crippen MR) is 225 cm³/mol. The molecule has 1 aromatic heterocycles. The number of rotatable bonds is 7. The average molecular weight is 704 g/mol. The van der Waals surface area contributed by atoms with Crippen molar-refractivity contribution in [2.24, 2.45) is 0 Å². The predicted octanol–water partition coefficient (Wildman–Crippen LogP) is 12.7. The van der Waals surface area contributed by atoms with Crippen molar-refractivity contribution in [3.05, 3.63) is 228 Å². The lowest BCUT2D eigenvalue weighted by Gasteiger charge is -2.36. The van der Waals surface area contributed by atoms with Gasteiger partial charge in [0.15, 0.2) is 17.5 Å². The fraction of sp³-hybridized carbons (Fsp3) is 0.0577. The molecule has 2 aliphatic carbocycles. The number of fused-ring (bicyclic) bond motifs is 3. The number of hydrogen-bond donors (Lipinski definition) is 0. The summed E-state index contributed by atoms with van der Waals surface area (Å²) in [6.07, 6.45) is 7.04. The van der Waals surface area contributed by atoms with Gasteiger partial charge in [0, 0.05) is 16.7 Å². The topological polar surface area (TPSA) is 38.7 Å². The largest absolute Gasteiger partial charge is 0.208 e. The smallest absolute Gasteiger partial charge is 0.164 e. The molecule has 0 amide bonds. The third-order valence-electron chi connectivity index (χ3n) is 11.0. The Hall–Kier alpha value is -6.97. The summed E-state index contributed by atoms with van der Waals surface area (Å²) in [5.41, 5.74) is 15.1. The molecule has 0 saturated carbocycles. The molecule has 0 bridgehead atoms. The lowest BCUT2D eigenvalue weighted by atomic mass is 9.65. The Labute approximate surface area is 322 Å². The first kappa shape index (κ1) is 32.7. The second-order valence-electron chi connectivity index (χ2n) is 14.2. The van der Waals surface area contributed by atoms with Gasteiger partial charge >= 0.3 is 0 Å². The van der Waals surface area contributed by atoms with E-state index in [1.807, 2.05) is 60.7 Å². The van der Waals surface area contributed by atoms with E-state index in [4.69, 9.17) is 15.0 Å². The minimum absolute atomic E-state index is 0.442. The van der Waals surface area contributed by atoms with Crippen LogP contribution in [-0.4, -0.2) is 15.0 Å². The van der Waals surface area contributed by atoms with E-state index in [9.17, 15) is 0 Å². The van der Waals surface area contributed by atoms with Gasteiger partial charge in [-0.1, -0.05) is 188 Å². The van der Waals surface area contributed by atoms with E-state index in [1.54, 1.807) is 0 Å². The Bertz CT molecular complexity index is 2640. The fourth-order valence-electron chi connectivity index (χ4n) is 8.63. The maximum atomic E-state index is 5.01. The summed E-state index contributed by atoms with van der Waals surface area (Å²) < 4.78 is 0. The fourth-order valence-corrected chi connectivity index (χ4v) is 8.63. The molecule has 0 saturated heterocycles. The molecule has 8 aromatic rings. The zero-order chi connectivity index (χ0) is 36.6. The quantitative estimate of drug-likeness (QED) is 0.166. The van der Waals surface area contributed by atoms with Crippen molar-refractivity contribution < 1.29 is 0 Å². The average Bonchev–Trinajstić information content (AvgIpc) is 3.59. The van der Waals surface area contributed by atoms with Gasteiger partial charge in [0.1, 0.15) is 0 Å². The summed E-state index contributed by atoms with van der Waals surface area (Å²) in [4.78, 5) is 14.9. The molecule has 10 rings (SSSR count). The van der Waals surface area contributed by atoms with Crippen molar-refractivity contribution in [3.63, 3.8) is 0 Å². The zero-order valence-corrected chi connectivity index (χ0v) is 30.3. The van der Waals surface area contributed by atoms with Gasteiger partial charge in [-0.3, -0.25) is 0 Å². The number of allylic oxidation sites excluding steroid dienone is 4. The molecule has 2 aliphatic rings. The van der Waals surface area contributed by atoms with Crippen LogP contribution in [0.15, 0.2) is 206 Å². The summed E-state index contributed by atoms with van der Waals surface area (Å²) in [7, 11) is 0. The van der Waals surface area contributed by atoms with E-state index < -0.39 is 5.41 Å². The highest BCUT2D eigenvalue weighted by atomic mass is 15.0. The van der Waals surface area contributed by atoms with E-state index in [0.29, 0.717) is 17.5 Å². The third kappa shape index (κ3) is 5.64. The Morgan fingerprint density at radius 1 is 0.345 bits per heavy atom. The standard InChI is InChI=1S/C52H37N3/c1-5-18-36(19-6-1)49-53-50(37-20-7-2-8-21-37)55-51(54-49)41-25-16-23-39(35-41)38-22-15-24-40(34-38)44-31-17-32-46-45-30-13-14-33-47(45)52(48(44)46,42-26-9-3-10-27-42)43-28-11-4-12-29-43/h1-12,15-35H,13-14H2. The molecule has 0 unspecified atom stereocenters. The molecule has 7 aromatic carbocycles. The van der Waals surface area contributed by atoms with Crippen LogP contribution >= 0.6 is 0 Å². The highest BCUT2D eigenvalue weighted by Crippen LogP contribution is 2.60. The second-order valence-corrected chi connectivity index (χ2v) is 14.2. The van der Waals surface area contributed by atoms with Gasteiger partial charge in [-0.2, -0.15) is 0 Å². The third-order valence-corrected chi connectivity index (χ3v) is 11.0. The molecule has 3 nitrogen and oxygen atoms in total. The summed E-state index contributed by atoms with van der Waals surface area (Å²) in [6, 6.07) is 66.9. The van der Waals surface area contributed by atoms with Gasteiger partial charge in [-0.25, -0.2) is 15.0 Å². The van der Waals surface area contributed by atoms with Gasteiger partial charge in [0.2, 0.25) is 0 Å². The van der Waals surface area contributed by atoms with Gasteiger partial charge in [-0.15, -0.1) is 0 Å². The SMILES string of the molecule is C1=C2C(=CCC1)C(c1ccccc1)(c1ccccc1)c1c2cccc1-c1cccc(-c2cccc(-c3nc(-c4ccccc4)nc(-c4ccccc4)n3)c2)c1. The maximum Gasteiger partial charge on any atom is 0.164 e. The minimum atomic E-state index is -0.442. The van der Waals surface area contributed by atoms with Crippen molar-refractivity contribution in [2.75, 3.05) is 0 Å². The molecule has 260 valence electrons. The normalized spacial score (nSPS) is 14.0. The highest BCUT2D eigenvalue weighted by molar-refractivity contribution is 5.98. The molecular weight excluding hydrogens is 667 g/mol. The monoisotopic (exact) mass is 703 g/mol. The van der Waals surface area contributed by atoms with E-state index in [2.05, 4.69) is 140 Å². The van der Waals surface area contributed by atoms with Gasteiger partial charge in [0.05, 0.1) is 5.41 Å². The number of benzene rings is 7. The molecular formula is C52H37N3. The first-order valence-corrected chi connectivity index (χ1v) is 19.0. The number of nitrogens with zero attached hydrogens (tertiary/aromatic N) is 3. The van der Waals surface area contributed by atoms with Crippen LogP contribution < -0.4 is 0 Å². The first-order chi connectivity index (χ1) is 27.3. The van der Waals surface area contributed by atoms with E-state index in [-0.39, 0.29) is 0 Å².